The standard InChI is InChI=1S/C9H20N2O/c1-3-8(6-5-7-10)9(12)11-4-2/h8H,3-7,10H2,1-2H3,(H,11,12). The van der Waals surface area contributed by atoms with Crippen LogP contribution in [0.4, 0.5) is 0 Å². The summed E-state index contributed by atoms with van der Waals surface area (Å²) in [4.78, 5) is 11.3. The van der Waals surface area contributed by atoms with Crippen molar-refractivity contribution in [2.24, 2.45) is 11.7 Å². The largest absolute Gasteiger partial charge is 0.356 e. The molecule has 1 amide bonds. The number of amides is 1. The number of nitrogens with one attached hydrogen (secondary N) is 1. The fourth-order valence-corrected chi connectivity index (χ4v) is 1.20. The monoisotopic (exact) mass is 172 g/mol. The maximum Gasteiger partial charge on any atom is 0.223 e. The highest BCUT2D eigenvalue weighted by atomic mass is 16.1. The van der Waals surface area contributed by atoms with Crippen molar-refractivity contribution in [1.82, 2.24) is 5.32 Å². The summed E-state index contributed by atoms with van der Waals surface area (Å²) < 4.78 is 0. The molecule has 3 heteroatoms. The lowest BCUT2D eigenvalue weighted by Gasteiger charge is -2.12. The van der Waals surface area contributed by atoms with Gasteiger partial charge >= 0.3 is 0 Å². The first kappa shape index (κ1) is 11.4. The molecule has 0 aliphatic carbocycles. The van der Waals surface area contributed by atoms with Crippen LogP contribution in [0.5, 0.6) is 0 Å². The van der Waals surface area contributed by atoms with Gasteiger partial charge in [-0.15, -0.1) is 0 Å². The van der Waals surface area contributed by atoms with Crippen molar-refractivity contribution in [3.05, 3.63) is 0 Å². The zero-order chi connectivity index (χ0) is 9.40. The Balaban J connectivity index is 3.71. The molecule has 0 bridgehead atoms. The zero-order valence-electron chi connectivity index (χ0n) is 8.10. The number of hydrogen-bond donors (Lipinski definition) is 2. The van der Waals surface area contributed by atoms with Gasteiger partial charge in [-0.1, -0.05) is 6.92 Å². The molecule has 12 heavy (non-hydrogen) atoms. The number of hydrogen-bond acceptors (Lipinski definition) is 2. The Morgan fingerprint density at radius 3 is 2.58 bits per heavy atom. The lowest BCUT2D eigenvalue weighted by atomic mass is 9.99. The van der Waals surface area contributed by atoms with Crippen LogP contribution in [0.1, 0.15) is 33.1 Å². The summed E-state index contributed by atoms with van der Waals surface area (Å²) in [6.45, 7) is 5.37. The first-order valence-electron chi connectivity index (χ1n) is 4.74. The van der Waals surface area contributed by atoms with Gasteiger partial charge in [0.1, 0.15) is 0 Å². The summed E-state index contributed by atoms with van der Waals surface area (Å²) in [7, 11) is 0. The molecule has 1 atom stereocenters. The molecule has 0 spiro atoms. The van der Waals surface area contributed by atoms with E-state index < -0.39 is 0 Å². The minimum absolute atomic E-state index is 0.161. The quantitative estimate of drug-likeness (QED) is 0.625. The molecule has 0 fully saturated rings. The van der Waals surface area contributed by atoms with E-state index >= 15 is 0 Å². The summed E-state index contributed by atoms with van der Waals surface area (Å²) in [5, 5.41) is 2.83. The van der Waals surface area contributed by atoms with Crippen LogP contribution in [0, 0.1) is 5.92 Å². The van der Waals surface area contributed by atoms with E-state index in [9.17, 15) is 4.79 Å². The highest BCUT2D eigenvalue weighted by molar-refractivity contribution is 5.78. The smallest absolute Gasteiger partial charge is 0.223 e. The third kappa shape index (κ3) is 4.34. The molecule has 72 valence electrons. The van der Waals surface area contributed by atoms with E-state index in [2.05, 4.69) is 5.32 Å². The fraction of sp³-hybridized carbons (Fsp3) is 0.889. The molecule has 0 aromatic carbocycles. The van der Waals surface area contributed by atoms with Gasteiger partial charge < -0.3 is 11.1 Å². The second-order valence-corrected chi connectivity index (χ2v) is 2.93. The van der Waals surface area contributed by atoms with Crippen molar-refractivity contribution in [2.45, 2.75) is 33.1 Å². The predicted octanol–water partition coefficient (Wildman–Crippen LogP) is 0.888. The van der Waals surface area contributed by atoms with Gasteiger partial charge in [-0.2, -0.15) is 0 Å². The second kappa shape index (κ2) is 7.10. The highest BCUT2D eigenvalue weighted by Gasteiger charge is 2.13. The average molecular weight is 172 g/mol. The summed E-state index contributed by atoms with van der Waals surface area (Å²) in [5.74, 6) is 0.335. The van der Waals surface area contributed by atoms with Gasteiger partial charge in [0, 0.05) is 12.5 Å². The van der Waals surface area contributed by atoms with Crippen molar-refractivity contribution in [2.75, 3.05) is 13.1 Å². The molecule has 0 saturated heterocycles. The third-order valence-corrected chi connectivity index (χ3v) is 1.97. The van der Waals surface area contributed by atoms with E-state index in [-0.39, 0.29) is 11.8 Å². The average Bonchev–Trinajstić information content (AvgIpc) is 2.06. The SMILES string of the molecule is CCNC(=O)C(CC)CCCN. The highest BCUT2D eigenvalue weighted by Crippen LogP contribution is 2.09. The van der Waals surface area contributed by atoms with E-state index in [4.69, 9.17) is 5.73 Å². The van der Waals surface area contributed by atoms with Gasteiger partial charge in [0.2, 0.25) is 5.91 Å². The molecule has 0 rings (SSSR count). The minimum Gasteiger partial charge on any atom is -0.356 e. The summed E-state index contributed by atoms with van der Waals surface area (Å²) in [5.41, 5.74) is 5.37. The van der Waals surface area contributed by atoms with Gasteiger partial charge in [0.15, 0.2) is 0 Å². The molecule has 0 aliphatic rings. The molecule has 0 radical (unpaired) electrons. The van der Waals surface area contributed by atoms with Crippen LogP contribution < -0.4 is 11.1 Å². The lowest BCUT2D eigenvalue weighted by molar-refractivity contribution is -0.125. The molecule has 3 nitrogen and oxygen atoms in total. The second-order valence-electron chi connectivity index (χ2n) is 2.93. The normalized spacial score (nSPS) is 12.6. The molecule has 0 aromatic rings. The third-order valence-electron chi connectivity index (χ3n) is 1.97. The predicted molar refractivity (Wildman–Crippen MR) is 50.8 cm³/mol. The van der Waals surface area contributed by atoms with Gasteiger partial charge in [0.05, 0.1) is 0 Å². The van der Waals surface area contributed by atoms with Crippen LogP contribution in [0.3, 0.4) is 0 Å². The number of rotatable bonds is 6. The molecular weight excluding hydrogens is 152 g/mol. The molecule has 0 aromatic heterocycles. The maximum absolute atomic E-state index is 11.3. The first-order valence-corrected chi connectivity index (χ1v) is 4.74. The van der Waals surface area contributed by atoms with E-state index in [1.165, 1.54) is 0 Å². The van der Waals surface area contributed by atoms with Crippen molar-refractivity contribution in [1.29, 1.82) is 0 Å². The van der Waals surface area contributed by atoms with Gasteiger partial charge in [-0.05, 0) is 32.7 Å². The van der Waals surface area contributed by atoms with Crippen LogP contribution >= 0.6 is 0 Å². The Hall–Kier alpha value is -0.570. The topological polar surface area (TPSA) is 55.1 Å². The summed E-state index contributed by atoms with van der Waals surface area (Å²) >= 11 is 0. The molecule has 0 aliphatic heterocycles. The number of carbonyl (C=O) groups excluding carboxylic acids is 1. The Kier molecular flexibility index (Phi) is 6.76. The molecule has 3 N–H and O–H groups in total. The fourth-order valence-electron chi connectivity index (χ4n) is 1.20. The number of nitrogens with two attached hydrogens (primary N) is 1. The van der Waals surface area contributed by atoms with Crippen LogP contribution in [0.15, 0.2) is 0 Å². The van der Waals surface area contributed by atoms with Crippen molar-refractivity contribution < 1.29 is 4.79 Å². The van der Waals surface area contributed by atoms with Crippen LogP contribution in [-0.4, -0.2) is 19.0 Å². The van der Waals surface area contributed by atoms with E-state index in [1.807, 2.05) is 13.8 Å². The molecule has 1 unspecified atom stereocenters. The van der Waals surface area contributed by atoms with Crippen LogP contribution in [-0.2, 0) is 4.79 Å². The Morgan fingerprint density at radius 1 is 1.50 bits per heavy atom. The van der Waals surface area contributed by atoms with Gasteiger partial charge in [-0.25, -0.2) is 0 Å². The Labute approximate surface area is 74.7 Å². The molecular formula is C9H20N2O. The van der Waals surface area contributed by atoms with Gasteiger partial charge in [-0.3, -0.25) is 4.79 Å². The maximum atomic E-state index is 11.3. The molecule has 0 heterocycles. The van der Waals surface area contributed by atoms with E-state index in [0.717, 1.165) is 25.8 Å². The van der Waals surface area contributed by atoms with Crippen LogP contribution in [0.2, 0.25) is 0 Å². The first-order chi connectivity index (χ1) is 5.76. The zero-order valence-corrected chi connectivity index (χ0v) is 8.10. The lowest BCUT2D eigenvalue weighted by Crippen LogP contribution is -2.30. The van der Waals surface area contributed by atoms with Crippen molar-refractivity contribution in [3.8, 4) is 0 Å². The van der Waals surface area contributed by atoms with Crippen molar-refractivity contribution in [3.63, 3.8) is 0 Å². The Morgan fingerprint density at radius 2 is 2.17 bits per heavy atom. The van der Waals surface area contributed by atoms with E-state index in [0.29, 0.717) is 6.54 Å². The van der Waals surface area contributed by atoms with Gasteiger partial charge in [0.25, 0.3) is 0 Å². The van der Waals surface area contributed by atoms with Crippen LogP contribution in [0.25, 0.3) is 0 Å². The summed E-state index contributed by atoms with van der Waals surface area (Å²) in [6.07, 6.45) is 2.76. The Bertz CT molecular complexity index is 126. The number of carbonyl (C=O) groups is 1. The van der Waals surface area contributed by atoms with Crippen molar-refractivity contribution >= 4 is 5.91 Å². The van der Waals surface area contributed by atoms with E-state index in [1.54, 1.807) is 0 Å². The summed E-state index contributed by atoms with van der Waals surface area (Å²) in [6, 6.07) is 0. The minimum atomic E-state index is 0.161. The molecule has 0 saturated carbocycles.